The molecule has 3 heterocycles. The first kappa shape index (κ1) is 28.9. The van der Waals surface area contributed by atoms with Gasteiger partial charge in [-0.05, 0) is 53.2 Å². The van der Waals surface area contributed by atoms with Crippen molar-refractivity contribution in [3.05, 3.63) is 69.4 Å². The lowest BCUT2D eigenvalue weighted by Gasteiger charge is -2.29. The molecule has 0 N–H and O–H groups in total. The van der Waals surface area contributed by atoms with E-state index in [9.17, 15) is 9.59 Å². The van der Waals surface area contributed by atoms with Gasteiger partial charge in [0.2, 0.25) is 0 Å². The minimum absolute atomic E-state index is 0.238. The molecule has 6 nitrogen and oxygen atoms in total. The summed E-state index contributed by atoms with van der Waals surface area (Å²) in [6, 6.07) is 16.8. The number of carbonyl (C=O) groups is 2. The first-order chi connectivity index (χ1) is 19.4. The molecule has 0 atom stereocenters. The zero-order valence-electron chi connectivity index (χ0n) is 23.7. The number of imide groups is 1. The second-order valence-electron chi connectivity index (χ2n) is 9.66. The molecule has 1 aliphatic heterocycles. The van der Waals surface area contributed by atoms with Gasteiger partial charge in [0, 0.05) is 73.5 Å². The highest BCUT2D eigenvalue weighted by Crippen LogP contribution is 2.46. The topological polar surface area (TPSA) is 65.1 Å². The molecule has 0 spiro atoms. The van der Waals surface area contributed by atoms with Crippen LogP contribution in [0.4, 0.5) is 0 Å². The average Bonchev–Trinajstić information content (AvgIpc) is 3.51. The maximum atomic E-state index is 14.3. The molecule has 210 valence electrons. The van der Waals surface area contributed by atoms with Crippen molar-refractivity contribution in [2.24, 2.45) is 0 Å². The number of carbonyl (C=O) groups excluding carboxylic acids is 2. The van der Waals surface area contributed by atoms with Gasteiger partial charge in [-0.15, -0.1) is 22.7 Å². The van der Waals surface area contributed by atoms with Crippen LogP contribution in [0.5, 0.6) is 0 Å². The number of nitrogens with zero attached hydrogens (tertiary/aromatic N) is 1. The number of benzene rings is 2. The maximum Gasteiger partial charge on any atom is 0.500 e. The summed E-state index contributed by atoms with van der Waals surface area (Å²) in [7, 11) is -2.90. The van der Waals surface area contributed by atoms with Gasteiger partial charge in [0.1, 0.15) is 0 Å². The van der Waals surface area contributed by atoms with Crippen LogP contribution in [0.1, 0.15) is 48.1 Å². The van der Waals surface area contributed by atoms with E-state index in [2.05, 4.69) is 12.1 Å². The van der Waals surface area contributed by atoms with Gasteiger partial charge < -0.3 is 13.3 Å². The molecule has 1 aliphatic rings. The van der Waals surface area contributed by atoms with Crippen molar-refractivity contribution in [1.82, 2.24) is 4.90 Å². The number of fused-ring (bicyclic) bond motifs is 2. The number of hydrogen-bond acceptors (Lipinski definition) is 7. The Labute approximate surface area is 244 Å². The average molecular weight is 594 g/mol. The lowest BCUT2D eigenvalue weighted by atomic mass is 9.93. The summed E-state index contributed by atoms with van der Waals surface area (Å²) in [5.41, 5.74) is 2.75. The Bertz CT molecular complexity index is 1480. The van der Waals surface area contributed by atoms with Gasteiger partial charge in [0.15, 0.2) is 0 Å². The van der Waals surface area contributed by atoms with Crippen molar-refractivity contribution in [2.45, 2.75) is 47.1 Å². The predicted molar refractivity (Wildman–Crippen MR) is 167 cm³/mol. The van der Waals surface area contributed by atoms with Crippen molar-refractivity contribution < 1.29 is 22.9 Å². The van der Waals surface area contributed by atoms with Crippen LogP contribution in [-0.2, 0) is 22.9 Å². The lowest BCUT2D eigenvalue weighted by Crippen LogP contribution is -2.46. The van der Waals surface area contributed by atoms with E-state index in [1.807, 2.05) is 71.0 Å². The van der Waals surface area contributed by atoms with E-state index in [0.717, 1.165) is 41.1 Å². The highest BCUT2D eigenvalue weighted by molar-refractivity contribution is 7.20. The van der Waals surface area contributed by atoms with Crippen LogP contribution >= 0.6 is 22.7 Å². The summed E-state index contributed by atoms with van der Waals surface area (Å²) < 4.78 is 20.3. The van der Waals surface area contributed by atoms with Crippen LogP contribution in [0.3, 0.4) is 0 Å². The third kappa shape index (κ3) is 5.11. The van der Waals surface area contributed by atoms with Crippen LogP contribution in [0.25, 0.3) is 31.3 Å². The molecule has 0 bridgehead atoms. The fourth-order valence-corrected chi connectivity index (χ4v) is 10.4. The van der Waals surface area contributed by atoms with Gasteiger partial charge in [-0.1, -0.05) is 36.4 Å². The monoisotopic (exact) mass is 593 g/mol. The lowest BCUT2D eigenvalue weighted by molar-refractivity contribution is -0.136. The largest absolute Gasteiger partial charge is 0.500 e. The Morgan fingerprint density at radius 1 is 0.700 bits per heavy atom. The van der Waals surface area contributed by atoms with Crippen molar-refractivity contribution in [3.8, 4) is 0 Å². The quantitative estimate of drug-likeness (QED) is 0.126. The first-order valence-corrected chi connectivity index (χ1v) is 17.4. The molecule has 40 heavy (non-hydrogen) atoms. The van der Waals surface area contributed by atoms with Crippen molar-refractivity contribution in [1.29, 1.82) is 0 Å². The molecule has 0 unspecified atom stereocenters. The molecular weight excluding hydrogens is 559 g/mol. The molecule has 0 saturated heterocycles. The zero-order valence-corrected chi connectivity index (χ0v) is 26.3. The number of hydrogen-bond donors (Lipinski definition) is 0. The first-order valence-electron chi connectivity index (χ1n) is 13.8. The summed E-state index contributed by atoms with van der Waals surface area (Å²) in [6.45, 7) is 11.6. The minimum Gasteiger partial charge on any atom is -0.374 e. The molecule has 0 radical (unpaired) electrons. The molecule has 2 aromatic carbocycles. The molecule has 2 aromatic heterocycles. The summed E-state index contributed by atoms with van der Waals surface area (Å²) in [4.78, 5) is 32.0. The van der Waals surface area contributed by atoms with E-state index in [0.29, 0.717) is 43.4 Å². The fraction of sp³-hybridized carbons (Fsp3) is 0.355. The molecule has 9 heteroatoms. The van der Waals surface area contributed by atoms with Crippen LogP contribution in [-0.4, -0.2) is 51.9 Å². The fourth-order valence-electron chi connectivity index (χ4n) is 5.65. The van der Waals surface area contributed by atoms with Crippen LogP contribution < -0.4 is 0 Å². The summed E-state index contributed by atoms with van der Waals surface area (Å²) in [5, 5.41) is 2.02. The van der Waals surface area contributed by atoms with E-state index in [1.54, 1.807) is 22.7 Å². The summed E-state index contributed by atoms with van der Waals surface area (Å²) in [5.74, 6) is -0.476. The van der Waals surface area contributed by atoms with Crippen LogP contribution in [0, 0.1) is 13.8 Å². The highest BCUT2D eigenvalue weighted by Gasteiger charge is 2.44. The standard InChI is InChI=1S/C31H35NO5S2Si/c1-6-35-40(36-7-2,37-8-3)19-13-18-32-30(33)28(26-20(4)38-24-16-11-9-14-22(24)26)29(31(32)34)27-21(5)39-25-17-12-10-15-23(25)27/h9-12,14-17H,6-8,13,18-19H2,1-5H3. The highest BCUT2D eigenvalue weighted by atomic mass is 32.1. The SMILES string of the molecule is CCO[Si](CCCN1C(=O)C(c2c(C)sc3ccccc23)=C(c2c(C)sc3ccccc23)C1=O)(OCC)OCC. The second-order valence-corrected chi connectivity index (χ2v) is 14.9. The molecule has 0 aliphatic carbocycles. The zero-order chi connectivity index (χ0) is 28.4. The molecular formula is C31H35NO5S2Si. The molecule has 0 saturated carbocycles. The van der Waals surface area contributed by atoms with E-state index < -0.39 is 8.80 Å². The normalized spacial score (nSPS) is 14.5. The number of amides is 2. The van der Waals surface area contributed by atoms with Crippen LogP contribution in [0.15, 0.2) is 48.5 Å². The van der Waals surface area contributed by atoms with Gasteiger partial charge in [-0.2, -0.15) is 0 Å². The summed E-state index contributed by atoms with van der Waals surface area (Å²) in [6.07, 6.45) is 0.539. The van der Waals surface area contributed by atoms with Crippen LogP contribution in [0.2, 0.25) is 6.04 Å². The Morgan fingerprint density at radius 3 is 1.55 bits per heavy atom. The third-order valence-corrected chi connectivity index (χ3v) is 12.5. The van der Waals surface area contributed by atoms with E-state index in [1.165, 1.54) is 4.90 Å². The molecule has 4 aromatic rings. The summed E-state index contributed by atoms with van der Waals surface area (Å²) >= 11 is 3.31. The molecule has 0 fully saturated rings. The number of thiophene rings is 2. The Morgan fingerprint density at radius 2 is 1.12 bits per heavy atom. The molecule has 5 rings (SSSR count). The van der Waals surface area contributed by atoms with Gasteiger partial charge in [0.05, 0.1) is 11.1 Å². The van der Waals surface area contributed by atoms with Gasteiger partial charge in [-0.3, -0.25) is 14.5 Å². The number of aryl methyl sites for hydroxylation is 2. The Kier molecular flexibility index (Phi) is 8.70. The van der Waals surface area contributed by atoms with Crippen molar-refractivity contribution in [3.63, 3.8) is 0 Å². The minimum atomic E-state index is -2.90. The third-order valence-electron chi connectivity index (χ3n) is 7.17. The van der Waals surface area contributed by atoms with Crippen molar-refractivity contribution in [2.75, 3.05) is 26.4 Å². The van der Waals surface area contributed by atoms with E-state index >= 15 is 0 Å². The smallest absolute Gasteiger partial charge is 0.374 e. The second kappa shape index (κ2) is 12.1. The Hall–Kier alpha value is -2.66. The van der Waals surface area contributed by atoms with Crippen molar-refractivity contribution >= 4 is 74.6 Å². The molecule has 2 amide bonds. The predicted octanol–water partition coefficient (Wildman–Crippen LogP) is 7.45. The Balaban J connectivity index is 1.58. The van der Waals surface area contributed by atoms with E-state index in [4.69, 9.17) is 13.3 Å². The maximum absolute atomic E-state index is 14.3. The van der Waals surface area contributed by atoms with Gasteiger partial charge >= 0.3 is 8.80 Å². The number of rotatable bonds is 12. The van der Waals surface area contributed by atoms with E-state index in [-0.39, 0.29) is 18.4 Å². The van der Waals surface area contributed by atoms with Gasteiger partial charge in [0.25, 0.3) is 11.8 Å². The van der Waals surface area contributed by atoms with Gasteiger partial charge in [-0.25, -0.2) is 0 Å².